The van der Waals surface area contributed by atoms with Crippen LogP contribution in [0.3, 0.4) is 0 Å². The topological polar surface area (TPSA) is 53.4 Å². The number of carboxylic acids is 1. The fourth-order valence-corrected chi connectivity index (χ4v) is 2.65. The van der Waals surface area contributed by atoms with Crippen molar-refractivity contribution in [2.24, 2.45) is 5.92 Å². The predicted molar refractivity (Wildman–Crippen MR) is 71.0 cm³/mol. The van der Waals surface area contributed by atoms with Crippen molar-refractivity contribution in [3.63, 3.8) is 0 Å². The summed E-state index contributed by atoms with van der Waals surface area (Å²) in [7, 11) is 1.79. The smallest absolute Gasteiger partial charge is 0.338 e. The molecule has 0 bridgehead atoms. The number of hydrogen-bond donors (Lipinski definition) is 1. The van der Waals surface area contributed by atoms with Gasteiger partial charge in [0.2, 0.25) is 0 Å². The zero-order valence-corrected chi connectivity index (χ0v) is 11.3. The van der Waals surface area contributed by atoms with Crippen molar-refractivity contribution in [1.82, 2.24) is 4.98 Å². The van der Waals surface area contributed by atoms with Gasteiger partial charge in [-0.2, -0.15) is 0 Å². The maximum atomic E-state index is 14.1. The largest absolute Gasteiger partial charge is 0.478 e. The van der Waals surface area contributed by atoms with Crippen molar-refractivity contribution in [3.05, 3.63) is 23.6 Å². The molecule has 5 heteroatoms. The SMILES string of the molecule is CC1CCC(N(C)c2nccc(C(=O)O)c2F)CC1. The summed E-state index contributed by atoms with van der Waals surface area (Å²) in [6.45, 7) is 2.22. The second kappa shape index (κ2) is 5.55. The molecular formula is C14H19FN2O2. The van der Waals surface area contributed by atoms with Crippen LogP contribution < -0.4 is 4.90 Å². The van der Waals surface area contributed by atoms with Crippen LogP contribution in [0.2, 0.25) is 0 Å². The first-order valence-electron chi connectivity index (χ1n) is 6.61. The van der Waals surface area contributed by atoms with Crippen LogP contribution in [0.1, 0.15) is 43.0 Å². The molecule has 1 N–H and O–H groups in total. The van der Waals surface area contributed by atoms with Gasteiger partial charge in [0, 0.05) is 19.3 Å². The highest BCUT2D eigenvalue weighted by molar-refractivity contribution is 5.88. The first kappa shape index (κ1) is 13.8. The number of nitrogens with zero attached hydrogens (tertiary/aromatic N) is 2. The summed E-state index contributed by atoms with van der Waals surface area (Å²) >= 11 is 0. The lowest BCUT2D eigenvalue weighted by molar-refractivity contribution is 0.0691. The van der Waals surface area contributed by atoms with Crippen LogP contribution in [-0.2, 0) is 0 Å². The normalized spacial score (nSPS) is 23.1. The number of halogens is 1. The summed E-state index contributed by atoms with van der Waals surface area (Å²) < 4.78 is 14.1. The Morgan fingerprint density at radius 1 is 1.42 bits per heavy atom. The number of hydrogen-bond acceptors (Lipinski definition) is 3. The Morgan fingerprint density at radius 3 is 2.63 bits per heavy atom. The highest BCUT2D eigenvalue weighted by Gasteiger charge is 2.26. The van der Waals surface area contributed by atoms with Crippen LogP contribution in [0.5, 0.6) is 0 Å². The van der Waals surface area contributed by atoms with Crippen molar-refractivity contribution in [2.45, 2.75) is 38.6 Å². The molecule has 4 nitrogen and oxygen atoms in total. The quantitative estimate of drug-likeness (QED) is 0.914. The Hall–Kier alpha value is -1.65. The number of carboxylic acid groups (broad SMARTS) is 1. The summed E-state index contributed by atoms with van der Waals surface area (Å²) in [4.78, 5) is 16.7. The molecule has 1 aliphatic rings. The highest BCUT2D eigenvalue weighted by Crippen LogP contribution is 2.30. The minimum absolute atomic E-state index is 0.138. The van der Waals surface area contributed by atoms with Crippen LogP contribution in [0.4, 0.5) is 10.2 Å². The van der Waals surface area contributed by atoms with E-state index in [4.69, 9.17) is 5.11 Å². The zero-order valence-electron chi connectivity index (χ0n) is 11.3. The molecule has 1 saturated carbocycles. The van der Waals surface area contributed by atoms with Crippen molar-refractivity contribution in [2.75, 3.05) is 11.9 Å². The molecule has 0 unspecified atom stereocenters. The van der Waals surface area contributed by atoms with Crippen molar-refractivity contribution in [3.8, 4) is 0 Å². The van der Waals surface area contributed by atoms with E-state index in [0.29, 0.717) is 5.92 Å². The van der Waals surface area contributed by atoms with Gasteiger partial charge < -0.3 is 10.0 Å². The summed E-state index contributed by atoms with van der Waals surface area (Å²) in [5.74, 6) is -1.14. The molecule has 0 amide bonds. The Balaban J connectivity index is 2.21. The maximum Gasteiger partial charge on any atom is 0.338 e. The van der Waals surface area contributed by atoms with Crippen LogP contribution in [0.15, 0.2) is 12.3 Å². The van der Waals surface area contributed by atoms with Gasteiger partial charge in [-0.05, 0) is 37.7 Å². The van der Waals surface area contributed by atoms with Gasteiger partial charge in [0.15, 0.2) is 11.6 Å². The second-order valence-corrected chi connectivity index (χ2v) is 5.33. The number of rotatable bonds is 3. The van der Waals surface area contributed by atoms with E-state index < -0.39 is 11.8 Å². The van der Waals surface area contributed by atoms with Crippen molar-refractivity contribution < 1.29 is 14.3 Å². The molecule has 0 aliphatic heterocycles. The third-order valence-corrected chi connectivity index (χ3v) is 3.97. The minimum atomic E-state index is -1.26. The Labute approximate surface area is 112 Å². The number of aromatic nitrogens is 1. The zero-order chi connectivity index (χ0) is 14.0. The van der Waals surface area contributed by atoms with Crippen LogP contribution in [-0.4, -0.2) is 29.1 Å². The molecule has 0 spiro atoms. The van der Waals surface area contributed by atoms with Crippen LogP contribution in [0, 0.1) is 11.7 Å². The fraction of sp³-hybridized carbons (Fsp3) is 0.571. The van der Waals surface area contributed by atoms with Gasteiger partial charge in [0.25, 0.3) is 0 Å². The molecular weight excluding hydrogens is 247 g/mol. The highest BCUT2D eigenvalue weighted by atomic mass is 19.1. The molecule has 1 aliphatic carbocycles. The lowest BCUT2D eigenvalue weighted by atomic mass is 9.87. The summed E-state index contributed by atoms with van der Waals surface area (Å²) in [6, 6.07) is 1.43. The summed E-state index contributed by atoms with van der Waals surface area (Å²) in [5.41, 5.74) is -0.318. The van der Waals surface area contributed by atoms with Gasteiger partial charge >= 0.3 is 5.97 Å². The van der Waals surface area contributed by atoms with Crippen LogP contribution in [0.25, 0.3) is 0 Å². The molecule has 1 aromatic heterocycles. The standard InChI is InChI=1S/C14H19FN2O2/c1-9-3-5-10(6-4-9)17(2)13-12(15)11(14(18)19)7-8-16-13/h7-10H,3-6H2,1-2H3,(H,18,19). The molecule has 0 atom stereocenters. The molecule has 19 heavy (non-hydrogen) atoms. The Bertz CT molecular complexity index is 471. The molecule has 1 aromatic rings. The number of pyridine rings is 1. The summed E-state index contributed by atoms with van der Waals surface area (Å²) in [6.07, 6.45) is 5.58. The van der Waals surface area contributed by atoms with Crippen LogP contribution >= 0.6 is 0 Å². The minimum Gasteiger partial charge on any atom is -0.478 e. The number of carbonyl (C=O) groups is 1. The van der Waals surface area contributed by atoms with E-state index in [1.165, 1.54) is 12.3 Å². The van der Waals surface area contributed by atoms with Crippen molar-refractivity contribution in [1.29, 1.82) is 0 Å². The van der Waals surface area contributed by atoms with E-state index in [0.717, 1.165) is 25.7 Å². The number of anilines is 1. The molecule has 0 saturated heterocycles. The van der Waals surface area contributed by atoms with Gasteiger partial charge in [-0.3, -0.25) is 0 Å². The van der Waals surface area contributed by atoms with Gasteiger partial charge in [-0.25, -0.2) is 14.2 Å². The Morgan fingerprint density at radius 2 is 2.05 bits per heavy atom. The van der Waals surface area contributed by atoms with Gasteiger partial charge in [-0.1, -0.05) is 6.92 Å². The van der Waals surface area contributed by atoms with E-state index in [2.05, 4.69) is 11.9 Å². The molecule has 1 fully saturated rings. The number of aromatic carboxylic acids is 1. The van der Waals surface area contributed by atoms with E-state index in [1.54, 1.807) is 11.9 Å². The first-order chi connectivity index (χ1) is 9.00. The average molecular weight is 266 g/mol. The van der Waals surface area contributed by atoms with Gasteiger partial charge in [0.1, 0.15) is 5.56 Å². The maximum absolute atomic E-state index is 14.1. The van der Waals surface area contributed by atoms with Crippen molar-refractivity contribution >= 4 is 11.8 Å². The van der Waals surface area contributed by atoms with E-state index >= 15 is 0 Å². The third-order valence-electron chi connectivity index (χ3n) is 3.97. The molecule has 0 aromatic carbocycles. The summed E-state index contributed by atoms with van der Waals surface area (Å²) in [5, 5.41) is 8.93. The van der Waals surface area contributed by atoms with E-state index in [9.17, 15) is 9.18 Å². The van der Waals surface area contributed by atoms with E-state index in [-0.39, 0.29) is 17.4 Å². The molecule has 104 valence electrons. The average Bonchev–Trinajstić information content (AvgIpc) is 2.38. The Kier molecular flexibility index (Phi) is 4.02. The molecule has 2 rings (SSSR count). The lowest BCUT2D eigenvalue weighted by Crippen LogP contribution is -2.36. The fourth-order valence-electron chi connectivity index (χ4n) is 2.65. The monoisotopic (exact) mass is 266 g/mol. The predicted octanol–water partition coefficient (Wildman–Crippen LogP) is 2.93. The van der Waals surface area contributed by atoms with E-state index in [1.807, 2.05) is 0 Å². The molecule has 0 radical (unpaired) electrons. The second-order valence-electron chi connectivity index (χ2n) is 5.33. The molecule has 1 heterocycles. The first-order valence-corrected chi connectivity index (χ1v) is 6.61. The van der Waals surface area contributed by atoms with Gasteiger partial charge in [0.05, 0.1) is 0 Å². The third kappa shape index (κ3) is 2.85. The van der Waals surface area contributed by atoms with Gasteiger partial charge in [-0.15, -0.1) is 0 Å². The lowest BCUT2D eigenvalue weighted by Gasteiger charge is -2.34.